The molecule has 1 unspecified atom stereocenters. The number of carboxylic acid groups (broad SMARTS) is 1. The van der Waals surface area contributed by atoms with E-state index in [-0.39, 0.29) is 0 Å². The van der Waals surface area contributed by atoms with Crippen LogP contribution in [0.1, 0.15) is 72.8 Å². The number of aryl methyl sites for hydroxylation is 1. The summed E-state index contributed by atoms with van der Waals surface area (Å²) in [6.07, 6.45) is 2.09. The van der Waals surface area contributed by atoms with Crippen molar-refractivity contribution in [3.8, 4) is 16.9 Å². The van der Waals surface area contributed by atoms with E-state index in [1.165, 1.54) is 33.4 Å². The number of carbonyl (C=O) groups is 1. The zero-order chi connectivity index (χ0) is 32.5. The number of ether oxygens (including phenoxy) is 1. The lowest BCUT2D eigenvalue weighted by Gasteiger charge is -2.26. The molecule has 4 heteroatoms. The average Bonchev–Trinajstić information content (AvgIpc) is 3.03. The Morgan fingerprint density at radius 3 is 2.31 bits per heavy atom. The Morgan fingerprint density at radius 2 is 1.62 bits per heavy atom. The minimum atomic E-state index is -0.887. The van der Waals surface area contributed by atoms with E-state index in [4.69, 9.17) is 4.74 Å². The van der Waals surface area contributed by atoms with Crippen LogP contribution in [0.4, 0.5) is 0 Å². The van der Waals surface area contributed by atoms with Crippen molar-refractivity contribution in [1.29, 1.82) is 0 Å². The molecule has 0 aromatic heterocycles. The summed E-state index contributed by atoms with van der Waals surface area (Å²) in [5.41, 5.74) is 12.1. The maximum atomic E-state index is 11.2. The zero-order valence-electron chi connectivity index (χ0n) is 27.6. The first-order valence-corrected chi connectivity index (χ1v) is 15.8. The van der Waals surface area contributed by atoms with Gasteiger partial charge in [0.15, 0.2) is 0 Å². The van der Waals surface area contributed by atoms with Crippen LogP contribution in [0.3, 0.4) is 0 Å². The lowest BCUT2D eigenvalue weighted by molar-refractivity contribution is 0.0697. The molecule has 0 aliphatic carbocycles. The molecule has 1 aliphatic heterocycles. The predicted molar refractivity (Wildman–Crippen MR) is 189 cm³/mol. The summed E-state index contributed by atoms with van der Waals surface area (Å²) in [7, 11) is 0. The smallest absolute Gasteiger partial charge is 0.336 e. The van der Waals surface area contributed by atoms with Crippen LogP contribution in [0.5, 0.6) is 5.75 Å². The Kier molecular flexibility index (Phi) is 11.4. The lowest BCUT2D eigenvalue weighted by atomic mass is 9.95. The Balaban J connectivity index is 0.000000215. The largest absolute Gasteiger partial charge is 0.493 e. The topological polar surface area (TPSA) is 58.6 Å². The van der Waals surface area contributed by atoms with E-state index in [2.05, 4.69) is 102 Å². The average molecular weight is 602 g/mol. The number of benzene rings is 4. The van der Waals surface area contributed by atoms with Crippen molar-refractivity contribution < 1.29 is 14.6 Å². The van der Waals surface area contributed by atoms with Gasteiger partial charge in [0, 0.05) is 18.2 Å². The number of aromatic carboxylic acids is 1. The second-order valence-electron chi connectivity index (χ2n) is 12.6. The van der Waals surface area contributed by atoms with Crippen molar-refractivity contribution in [2.75, 3.05) is 13.2 Å². The fraction of sp³-hybridized carbons (Fsp3) is 0.293. The molecule has 4 aromatic carbocycles. The van der Waals surface area contributed by atoms with Gasteiger partial charge in [0.1, 0.15) is 5.75 Å². The number of hydrogen-bond acceptors (Lipinski definition) is 3. The van der Waals surface area contributed by atoms with Crippen LogP contribution < -0.4 is 10.1 Å². The third-order valence-electron chi connectivity index (χ3n) is 8.37. The van der Waals surface area contributed by atoms with E-state index in [9.17, 15) is 9.90 Å². The molecule has 45 heavy (non-hydrogen) atoms. The molecule has 0 saturated carbocycles. The van der Waals surface area contributed by atoms with Gasteiger partial charge in [0.05, 0.1) is 12.2 Å². The van der Waals surface area contributed by atoms with Gasteiger partial charge in [-0.1, -0.05) is 98.8 Å². The summed E-state index contributed by atoms with van der Waals surface area (Å²) in [6.45, 7) is 18.9. The summed E-state index contributed by atoms with van der Waals surface area (Å²) in [4.78, 5) is 11.2. The number of hydrogen-bond donors (Lipinski definition) is 2. The lowest BCUT2D eigenvalue weighted by Crippen LogP contribution is -2.30. The number of nitrogens with one attached hydrogen (secondary N) is 1. The van der Waals surface area contributed by atoms with Gasteiger partial charge in [-0.05, 0) is 109 Å². The monoisotopic (exact) mass is 601 g/mol. The second kappa shape index (κ2) is 15.4. The van der Waals surface area contributed by atoms with Gasteiger partial charge in [-0.3, -0.25) is 0 Å². The maximum Gasteiger partial charge on any atom is 0.336 e. The molecule has 5 rings (SSSR count). The van der Waals surface area contributed by atoms with Crippen molar-refractivity contribution in [2.45, 2.75) is 54.4 Å². The van der Waals surface area contributed by atoms with Gasteiger partial charge in [0.25, 0.3) is 0 Å². The highest BCUT2D eigenvalue weighted by Crippen LogP contribution is 2.28. The van der Waals surface area contributed by atoms with Crippen molar-refractivity contribution in [2.24, 2.45) is 11.8 Å². The molecule has 0 saturated heterocycles. The number of fused-ring (bicyclic) bond motifs is 1. The molecule has 234 valence electrons. The molecule has 1 atom stereocenters. The molecule has 0 amide bonds. The highest BCUT2D eigenvalue weighted by atomic mass is 16.5. The van der Waals surface area contributed by atoms with Crippen molar-refractivity contribution in [3.05, 3.63) is 137 Å². The van der Waals surface area contributed by atoms with Crippen molar-refractivity contribution in [1.82, 2.24) is 5.32 Å². The van der Waals surface area contributed by atoms with Crippen LogP contribution >= 0.6 is 0 Å². The van der Waals surface area contributed by atoms with E-state index >= 15 is 0 Å². The Labute approximate surface area is 269 Å². The number of carboxylic acids is 1. The summed E-state index contributed by atoms with van der Waals surface area (Å²) in [5.74, 6) is 1.23. The summed E-state index contributed by atoms with van der Waals surface area (Å²) in [5, 5.41) is 12.7. The molecular formula is C41H47NO3. The summed E-state index contributed by atoms with van der Waals surface area (Å²) >= 11 is 0. The molecular weight excluding hydrogens is 554 g/mol. The minimum absolute atomic E-state index is 0.346. The van der Waals surface area contributed by atoms with Crippen LogP contribution in [0.2, 0.25) is 0 Å². The molecule has 0 radical (unpaired) electrons. The fourth-order valence-electron chi connectivity index (χ4n) is 5.59. The number of allylic oxidation sites excluding steroid dienone is 2. The molecule has 4 nitrogen and oxygen atoms in total. The Hall–Kier alpha value is -4.57. The van der Waals surface area contributed by atoms with Gasteiger partial charge >= 0.3 is 5.97 Å². The third kappa shape index (κ3) is 8.98. The fourth-order valence-corrected chi connectivity index (χ4v) is 5.59. The van der Waals surface area contributed by atoms with Crippen LogP contribution in [0.25, 0.3) is 22.4 Å². The highest BCUT2D eigenvalue weighted by molar-refractivity contribution is 5.96. The van der Waals surface area contributed by atoms with Gasteiger partial charge in [-0.15, -0.1) is 0 Å². The first kappa shape index (κ1) is 33.3. The van der Waals surface area contributed by atoms with Gasteiger partial charge in [-0.2, -0.15) is 0 Å². The quantitative estimate of drug-likeness (QED) is 0.200. The number of para-hydroxylation sites is 1. The van der Waals surface area contributed by atoms with Crippen LogP contribution in [-0.2, 0) is 12.8 Å². The minimum Gasteiger partial charge on any atom is -0.493 e. The first-order chi connectivity index (χ1) is 21.5. The third-order valence-corrected chi connectivity index (χ3v) is 8.37. The Bertz CT molecular complexity index is 1660. The predicted octanol–water partition coefficient (Wildman–Crippen LogP) is 9.87. The second-order valence-corrected chi connectivity index (χ2v) is 12.6. The van der Waals surface area contributed by atoms with Crippen LogP contribution in [-0.4, -0.2) is 24.2 Å². The van der Waals surface area contributed by atoms with E-state index < -0.39 is 5.97 Å². The summed E-state index contributed by atoms with van der Waals surface area (Å²) in [6, 6.07) is 30.2. The zero-order valence-corrected chi connectivity index (χ0v) is 27.6. The van der Waals surface area contributed by atoms with Gasteiger partial charge < -0.3 is 15.2 Å². The molecule has 1 aliphatic rings. The van der Waals surface area contributed by atoms with Gasteiger partial charge in [-0.25, -0.2) is 4.79 Å². The molecule has 4 aromatic rings. The van der Waals surface area contributed by atoms with Crippen LogP contribution in [0, 0.1) is 18.8 Å². The van der Waals surface area contributed by atoms with E-state index in [0.717, 1.165) is 54.1 Å². The maximum absolute atomic E-state index is 11.2. The molecule has 1 heterocycles. The van der Waals surface area contributed by atoms with Crippen molar-refractivity contribution >= 4 is 17.2 Å². The Morgan fingerprint density at radius 1 is 0.933 bits per heavy atom. The van der Waals surface area contributed by atoms with Crippen LogP contribution in [0.15, 0.2) is 103 Å². The van der Waals surface area contributed by atoms with E-state index in [1.54, 1.807) is 12.1 Å². The summed E-state index contributed by atoms with van der Waals surface area (Å²) < 4.78 is 5.89. The SMILES string of the molecule is C=C(NCC1COc2ccccc2C1)c1ccc(C)c(C(C)=C(C)C)c1.CC(C)Cc1ccc(-c2ccccc2C(=O)O)cc1. The standard InChI is InChI=1S/C24H29NO.C17H18O2/c1-16(2)18(4)23-13-21(11-10-17(23)3)19(5)25-14-20-12-22-8-6-7-9-24(22)26-15-20;1-12(2)11-13-7-9-14(10-8-13)15-5-3-4-6-16(15)17(18)19/h6-11,13,20,25H,5,12,14-15H2,1-4H3;3-10,12H,11H2,1-2H3,(H,18,19). The highest BCUT2D eigenvalue weighted by Gasteiger charge is 2.19. The normalized spacial score (nSPS) is 13.5. The molecule has 0 spiro atoms. The first-order valence-electron chi connectivity index (χ1n) is 15.8. The van der Waals surface area contributed by atoms with Crippen molar-refractivity contribution in [3.63, 3.8) is 0 Å². The molecule has 0 bridgehead atoms. The van der Waals surface area contributed by atoms with Gasteiger partial charge in [0.2, 0.25) is 0 Å². The van der Waals surface area contributed by atoms with E-state index in [0.29, 0.717) is 17.4 Å². The number of rotatable bonds is 9. The molecule has 0 fully saturated rings. The molecule has 2 N–H and O–H groups in total. The van der Waals surface area contributed by atoms with E-state index in [1.807, 2.05) is 30.3 Å².